The Kier molecular flexibility index (Phi) is 3.48. The number of pyridine rings is 1. The van der Waals surface area contributed by atoms with Gasteiger partial charge in [-0.15, -0.1) is 0 Å². The first-order valence-electron chi connectivity index (χ1n) is 5.49. The van der Waals surface area contributed by atoms with E-state index in [0.717, 1.165) is 31.5 Å². The molecule has 0 aromatic carbocycles. The zero-order chi connectivity index (χ0) is 11.4. The summed E-state index contributed by atoms with van der Waals surface area (Å²) in [6.45, 7) is 0.786. The maximum atomic E-state index is 11.9. The van der Waals surface area contributed by atoms with Crippen LogP contribution in [-0.2, 0) is 4.79 Å². The molecule has 0 bridgehead atoms. The Morgan fingerprint density at radius 3 is 2.88 bits per heavy atom. The van der Waals surface area contributed by atoms with E-state index in [-0.39, 0.29) is 11.9 Å². The summed E-state index contributed by atoms with van der Waals surface area (Å²) in [5.74, 6) is 5.76. The minimum absolute atomic E-state index is 0.0339. The van der Waals surface area contributed by atoms with Crippen LogP contribution in [0.1, 0.15) is 19.3 Å². The number of carbonyl (C=O) groups is 1. The number of nitrogens with two attached hydrogens (primary N) is 1. The molecule has 1 aliphatic heterocycles. The zero-order valence-corrected chi connectivity index (χ0v) is 9.10. The molecule has 2 rings (SSSR count). The van der Waals surface area contributed by atoms with Gasteiger partial charge in [-0.05, 0) is 31.4 Å². The molecule has 3 N–H and O–H groups in total. The lowest BCUT2D eigenvalue weighted by molar-refractivity contribution is -0.122. The quantitative estimate of drug-likeness (QED) is 0.721. The van der Waals surface area contributed by atoms with Crippen LogP contribution in [0.15, 0.2) is 24.5 Å². The smallest absolute Gasteiger partial charge is 0.243 e. The lowest BCUT2D eigenvalue weighted by Crippen LogP contribution is -2.50. The molecule has 1 aromatic rings. The minimum Gasteiger partial charge on any atom is -0.325 e. The first-order valence-corrected chi connectivity index (χ1v) is 5.49. The first-order chi connectivity index (χ1) is 7.77. The summed E-state index contributed by atoms with van der Waals surface area (Å²) in [6.07, 6.45) is 6.25. The van der Waals surface area contributed by atoms with Crippen LogP contribution in [0.25, 0.3) is 0 Å². The van der Waals surface area contributed by atoms with Gasteiger partial charge in [-0.1, -0.05) is 0 Å². The van der Waals surface area contributed by atoms with Crippen molar-refractivity contribution in [3.63, 3.8) is 0 Å². The predicted octanol–water partition coefficient (Wildman–Crippen LogP) is 0.748. The number of amides is 1. The van der Waals surface area contributed by atoms with Crippen LogP contribution in [0.5, 0.6) is 0 Å². The first kappa shape index (κ1) is 11.0. The molecule has 1 aromatic heterocycles. The van der Waals surface area contributed by atoms with Crippen LogP contribution in [-0.4, -0.2) is 28.5 Å². The van der Waals surface area contributed by atoms with E-state index in [2.05, 4.69) is 10.3 Å². The average Bonchev–Trinajstić information content (AvgIpc) is 2.31. The Bertz CT molecular complexity index is 354. The number of nitrogens with one attached hydrogen (secondary N) is 1. The molecule has 0 radical (unpaired) electrons. The van der Waals surface area contributed by atoms with Crippen LogP contribution in [0.2, 0.25) is 0 Å². The molecule has 0 saturated carbocycles. The van der Waals surface area contributed by atoms with Gasteiger partial charge in [0.2, 0.25) is 5.91 Å². The molecular formula is C11H16N4O. The Labute approximate surface area is 94.6 Å². The highest BCUT2D eigenvalue weighted by molar-refractivity contribution is 5.94. The maximum absolute atomic E-state index is 11.9. The average molecular weight is 220 g/mol. The molecule has 1 aliphatic rings. The second-order valence-electron chi connectivity index (χ2n) is 3.97. The van der Waals surface area contributed by atoms with Gasteiger partial charge in [-0.25, -0.2) is 5.01 Å². The number of anilines is 1. The molecule has 5 nitrogen and oxygen atoms in total. The highest BCUT2D eigenvalue weighted by Crippen LogP contribution is 2.15. The monoisotopic (exact) mass is 220 g/mol. The van der Waals surface area contributed by atoms with Gasteiger partial charge in [0.1, 0.15) is 6.04 Å². The van der Waals surface area contributed by atoms with Gasteiger partial charge in [-0.2, -0.15) is 0 Å². The van der Waals surface area contributed by atoms with Gasteiger partial charge in [0.25, 0.3) is 0 Å². The van der Waals surface area contributed by atoms with E-state index in [0.29, 0.717) is 0 Å². The summed E-state index contributed by atoms with van der Waals surface area (Å²) in [5.41, 5.74) is 0.763. The second kappa shape index (κ2) is 5.05. The van der Waals surface area contributed by atoms with Crippen molar-refractivity contribution in [3.05, 3.63) is 24.5 Å². The number of nitrogens with zero attached hydrogens (tertiary/aromatic N) is 2. The van der Waals surface area contributed by atoms with Gasteiger partial charge >= 0.3 is 0 Å². The highest BCUT2D eigenvalue weighted by Gasteiger charge is 2.26. The van der Waals surface area contributed by atoms with E-state index in [9.17, 15) is 4.79 Å². The van der Waals surface area contributed by atoms with E-state index in [1.165, 1.54) is 0 Å². The number of rotatable bonds is 2. The summed E-state index contributed by atoms with van der Waals surface area (Å²) >= 11 is 0. The third kappa shape index (κ3) is 2.56. The predicted molar refractivity (Wildman–Crippen MR) is 61.4 cm³/mol. The number of hydrazine groups is 1. The number of piperidine rings is 1. The molecule has 16 heavy (non-hydrogen) atoms. The largest absolute Gasteiger partial charge is 0.325 e. The SMILES string of the molecule is NN1CCCCC1C(=O)Nc1ccncc1. The standard InChI is InChI=1S/C11H16N4O/c12-15-8-2-1-3-10(15)11(16)14-9-4-6-13-7-5-9/h4-7,10H,1-3,8,12H2,(H,13,14,16). The van der Waals surface area contributed by atoms with Crippen LogP contribution < -0.4 is 11.2 Å². The maximum Gasteiger partial charge on any atom is 0.243 e. The lowest BCUT2D eigenvalue weighted by atomic mass is 10.0. The van der Waals surface area contributed by atoms with E-state index >= 15 is 0 Å². The molecule has 5 heteroatoms. The fourth-order valence-electron chi connectivity index (χ4n) is 1.90. The lowest BCUT2D eigenvalue weighted by Gasteiger charge is -2.30. The third-order valence-electron chi connectivity index (χ3n) is 2.79. The summed E-state index contributed by atoms with van der Waals surface area (Å²) in [6, 6.07) is 3.32. The van der Waals surface area contributed by atoms with Gasteiger partial charge < -0.3 is 5.32 Å². The molecular weight excluding hydrogens is 204 g/mol. The van der Waals surface area contributed by atoms with Crippen molar-refractivity contribution < 1.29 is 4.79 Å². The van der Waals surface area contributed by atoms with Gasteiger partial charge in [-0.3, -0.25) is 15.6 Å². The molecule has 0 aliphatic carbocycles. The summed E-state index contributed by atoms with van der Waals surface area (Å²) in [4.78, 5) is 15.8. The molecule has 1 saturated heterocycles. The fourth-order valence-corrected chi connectivity index (χ4v) is 1.90. The van der Waals surface area contributed by atoms with Gasteiger partial charge in [0.05, 0.1) is 0 Å². The molecule has 2 heterocycles. The van der Waals surface area contributed by atoms with E-state index < -0.39 is 0 Å². The molecule has 1 atom stereocenters. The van der Waals surface area contributed by atoms with Crippen molar-refractivity contribution in [2.45, 2.75) is 25.3 Å². The minimum atomic E-state index is -0.207. The normalized spacial score (nSPS) is 21.7. The molecule has 0 spiro atoms. The van der Waals surface area contributed by atoms with Crippen LogP contribution in [0.4, 0.5) is 5.69 Å². The zero-order valence-electron chi connectivity index (χ0n) is 9.10. The van der Waals surface area contributed by atoms with E-state index in [1.54, 1.807) is 29.5 Å². The molecule has 86 valence electrons. The Morgan fingerprint density at radius 2 is 2.19 bits per heavy atom. The number of aromatic nitrogens is 1. The summed E-state index contributed by atoms with van der Waals surface area (Å²) in [5, 5.41) is 4.47. The van der Waals surface area contributed by atoms with Crippen LogP contribution in [0, 0.1) is 0 Å². The third-order valence-corrected chi connectivity index (χ3v) is 2.79. The molecule has 1 amide bonds. The highest BCUT2D eigenvalue weighted by atomic mass is 16.2. The molecule has 1 fully saturated rings. The van der Waals surface area contributed by atoms with Crippen molar-refractivity contribution in [2.75, 3.05) is 11.9 Å². The van der Waals surface area contributed by atoms with Crippen LogP contribution >= 0.6 is 0 Å². The number of hydrogen-bond donors (Lipinski definition) is 2. The summed E-state index contributed by atoms with van der Waals surface area (Å²) < 4.78 is 0. The number of hydrogen-bond acceptors (Lipinski definition) is 4. The Hall–Kier alpha value is -1.46. The second-order valence-corrected chi connectivity index (χ2v) is 3.97. The van der Waals surface area contributed by atoms with Crippen molar-refractivity contribution in [3.8, 4) is 0 Å². The molecule has 1 unspecified atom stereocenters. The van der Waals surface area contributed by atoms with Gasteiger partial charge in [0.15, 0.2) is 0 Å². The van der Waals surface area contributed by atoms with E-state index in [1.807, 2.05) is 0 Å². The van der Waals surface area contributed by atoms with Crippen LogP contribution in [0.3, 0.4) is 0 Å². The summed E-state index contributed by atoms with van der Waals surface area (Å²) in [7, 11) is 0. The fraction of sp³-hybridized carbons (Fsp3) is 0.455. The topological polar surface area (TPSA) is 71.2 Å². The van der Waals surface area contributed by atoms with Crippen molar-refractivity contribution in [2.24, 2.45) is 5.84 Å². The Balaban J connectivity index is 1.97. The Morgan fingerprint density at radius 1 is 1.44 bits per heavy atom. The van der Waals surface area contributed by atoms with E-state index in [4.69, 9.17) is 5.84 Å². The number of carbonyl (C=O) groups excluding carboxylic acids is 1. The van der Waals surface area contributed by atoms with Crippen molar-refractivity contribution >= 4 is 11.6 Å². The van der Waals surface area contributed by atoms with Crippen molar-refractivity contribution in [1.29, 1.82) is 0 Å². The van der Waals surface area contributed by atoms with Crippen molar-refractivity contribution in [1.82, 2.24) is 9.99 Å². The van der Waals surface area contributed by atoms with Gasteiger partial charge in [0, 0.05) is 24.6 Å².